The second-order valence-electron chi connectivity index (χ2n) is 7.52. The van der Waals surface area contributed by atoms with Gasteiger partial charge in [-0.3, -0.25) is 9.59 Å². The summed E-state index contributed by atoms with van der Waals surface area (Å²) in [5.74, 6) is 1.39. The lowest BCUT2D eigenvalue weighted by atomic mass is 10.1. The van der Waals surface area contributed by atoms with E-state index in [4.69, 9.17) is 18.6 Å². The van der Waals surface area contributed by atoms with Crippen molar-refractivity contribution in [2.45, 2.75) is 26.8 Å². The van der Waals surface area contributed by atoms with Gasteiger partial charge in [0.1, 0.15) is 17.2 Å². The highest BCUT2D eigenvalue weighted by Crippen LogP contribution is 2.30. The zero-order chi connectivity index (χ0) is 25.2. The lowest BCUT2D eigenvalue weighted by molar-refractivity contribution is -0.118. The third kappa shape index (κ3) is 6.89. The molecular weight excluding hydrogens is 448 g/mol. The fraction of sp³-hybridized carbons (Fsp3) is 0.259. The summed E-state index contributed by atoms with van der Waals surface area (Å²) < 4.78 is 21.8. The highest BCUT2D eigenvalue weighted by molar-refractivity contribution is 6.05. The number of carbonyl (C=O) groups excluding carboxylic acids is 2. The Morgan fingerprint density at radius 1 is 1.00 bits per heavy atom. The van der Waals surface area contributed by atoms with Crippen molar-refractivity contribution in [1.82, 2.24) is 10.6 Å². The first kappa shape index (κ1) is 25.4. The molecule has 184 valence electrons. The lowest BCUT2D eigenvalue weighted by Crippen LogP contribution is -2.36. The van der Waals surface area contributed by atoms with Crippen LogP contribution in [0.15, 0.2) is 71.0 Å². The average Bonchev–Trinajstić information content (AvgIpc) is 3.38. The van der Waals surface area contributed by atoms with Gasteiger partial charge in [-0.2, -0.15) is 0 Å². The highest BCUT2D eigenvalue weighted by Gasteiger charge is 2.19. The van der Waals surface area contributed by atoms with E-state index < -0.39 is 11.8 Å². The van der Waals surface area contributed by atoms with Crippen molar-refractivity contribution in [2.75, 3.05) is 20.3 Å². The molecule has 8 nitrogen and oxygen atoms in total. The Morgan fingerprint density at radius 3 is 2.34 bits per heavy atom. The van der Waals surface area contributed by atoms with Gasteiger partial charge in [-0.1, -0.05) is 6.07 Å². The third-order valence-corrected chi connectivity index (χ3v) is 5.09. The van der Waals surface area contributed by atoms with E-state index >= 15 is 0 Å². The van der Waals surface area contributed by atoms with Crippen LogP contribution in [-0.4, -0.2) is 32.1 Å². The molecule has 0 spiro atoms. The zero-order valence-corrected chi connectivity index (χ0v) is 20.3. The van der Waals surface area contributed by atoms with E-state index in [-0.39, 0.29) is 11.7 Å². The molecule has 0 aliphatic rings. The van der Waals surface area contributed by atoms with Crippen LogP contribution < -0.4 is 24.8 Å². The first-order valence-corrected chi connectivity index (χ1v) is 11.4. The molecule has 3 rings (SSSR count). The Balaban J connectivity index is 1.80. The van der Waals surface area contributed by atoms with E-state index in [1.165, 1.54) is 12.3 Å². The van der Waals surface area contributed by atoms with Gasteiger partial charge in [0.15, 0.2) is 11.5 Å². The fourth-order valence-electron chi connectivity index (χ4n) is 3.31. The number of rotatable bonds is 11. The molecule has 0 saturated carbocycles. The van der Waals surface area contributed by atoms with Crippen molar-refractivity contribution in [3.63, 3.8) is 0 Å². The number of hydrogen-bond acceptors (Lipinski definition) is 6. The molecule has 0 saturated heterocycles. The van der Waals surface area contributed by atoms with Crippen LogP contribution in [0.4, 0.5) is 0 Å². The van der Waals surface area contributed by atoms with Gasteiger partial charge >= 0.3 is 0 Å². The molecule has 3 aromatic rings. The van der Waals surface area contributed by atoms with Crippen molar-refractivity contribution < 1.29 is 28.2 Å². The van der Waals surface area contributed by atoms with E-state index in [1.807, 2.05) is 39.0 Å². The predicted octanol–water partition coefficient (Wildman–Crippen LogP) is 4.73. The maximum absolute atomic E-state index is 13.2. The summed E-state index contributed by atoms with van der Waals surface area (Å²) in [7, 11) is 1.55. The summed E-state index contributed by atoms with van der Waals surface area (Å²) in [6.45, 7) is 6.64. The minimum atomic E-state index is -0.470. The van der Waals surface area contributed by atoms with Crippen LogP contribution in [0.1, 0.15) is 48.5 Å². The van der Waals surface area contributed by atoms with Crippen molar-refractivity contribution in [1.29, 1.82) is 0 Å². The molecule has 1 aromatic heterocycles. The van der Waals surface area contributed by atoms with Crippen LogP contribution in [0.2, 0.25) is 0 Å². The molecule has 2 aromatic carbocycles. The van der Waals surface area contributed by atoms with Gasteiger partial charge in [0.2, 0.25) is 0 Å². The largest absolute Gasteiger partial charge is 0.497 e. The maximum Gasteiger partial charge on any atom is 0.268 e. The SMILES string of the molecule is CCOc1ccc([C@@H](C)NC(=O)/C(=C/c2ccco2)NC(=O)c2ccc(OC)cc2)cc1OCC. The Labute approximate surface area is 204 Å². The lowest BCUT2D eigenvalue weighted by Gasteiger charge is -2.19. The van der Waals surface area contributed by atoms with Crippen LogP contribution in [0.5, 0.6) is 17.2 Å². The van der Waals surface area contributed by atoms with Crippen LogP contribution in [-0.2, 0) is 4.79 Å². The number of nitrogens with one attached hydrogen (secondary N) is 2. The molecule has 0 unspecified atom stereocenters. The quantitative estimate of drug-likeness (QED) is 0.387. The van der Waals surface area contributed by atoms with E-state index in [2.05, 4.69) is 10.6 Å². The summed E-state index contributed by atoms with van der Waals surface area (Å²) >= 11 is 0. The Bertz CT molecular complexity index is 1150. The summed E-state index contributed by atoms with van der Waals surface area (Å²) in [6.07, 6.45) is 2.97. The second kappa shape index (κ2) is 12.3. The number of methoxy groups -OCH3 is 1. The molecule has 0 aliphatic heterocycles. The predicted molar refractivity (Wildman–Crippen MR) is 132 cm³/mol. The van der Waals surface area contributed by atoms with Gasteiger partial charge in [0.05, 0.1) is 32.6 Å². The molecule has 0 aliphatic carbocycles. The van der Waals surface area contributed by atoms with Gasteiger partial charge in [0, 0.05) is 11.6 Å². The average molecular weight is 479 g/mol. The molecular formula is C27H30N2O6. The van der Waals surface area contributed by atoms with E-state index in [0.717, 1.165) is 5.56 Å². The highest BCUT2D eigenvalue weighted by atomic mass is 16.5. The molecule has 1 atom stereocenters. The van der Waals surface area contributed by atoms with Crippen LogP contribution >= 0.6 is 0 Å². The Kier molecular flexibility index (Phi) is 8.95. The van der Waals surface area contributed by atoms with Crippen molar-refractivity contribution >= 4 is 17.9 Å². The van der Waals surface area contributed by atoms with Crippen LogP contribution in [0, 0.1) is 0 Å². The molecule has 2 N–H and O–H groups in total. The van der Waals surface area contributed by atoms with Crippen LogP contribution in [0.25, 0.3) is 6.08 Å². The first-order valence-electron chi connectivity index (χ1n) is 11.4. The summed E-state index contributed by atoms with van der Waals surface area (Å²) in [5.41, 5.74) is 1.25. The Hall–Kier alpha value is -4.20. The van der Waals surface area contributed by atoms with Crippen molar-refractivity contribution in [2.24, 2.45) is 0 Å². The fourth-order valence-corrected chi connectivity index (χ4v) is 3.31. The monoisotopic (exact) mass is 478 g/mol. The summed E-state index contributed by atoms with van der Waals surface area (Å²) in [6, 6.07) is 15.1. The Morgan fingerprint density at radius 2 is 1.71 bits per heavy atom. The smallest absolute Gasteiger partial charge is 0.268 e. The number of ether oxygens (including phenoxy) is 3. The van der Waals surface area contributed by atoms with E-state index in [0.29, 0.717) is 41.8 Å². The van der Waals surface area contributed by atoms with Gasteiger partial charge in [-0.05, 0) is 74.9 Å². The van der Waals surface area contributed by atoms with E-state index in [1.54, 1.807) is 43.5 Å². The first-order chi connectivity index (χ1) is 16.9. The normalized spacial score (nSPS) is 11.9. The molecule has 0 radical (unpaired) electrons. The maximum atomic E-state index is 13.2. The van der Waals surface area contributed by atoms with Crippen molar-refractivity contribution in [3.8, 4) is 17.2 Å². The van der Waals surface area contributed by atoms with E-state index in [9.17, 15) is 9.59 Å². The summed E-state index contributed by atoms with van der Waals surface area (Å²) in [5, 5.41) is 5.61. The summed E-state index contributed by atoms with van der Waals surface area (Å²) in [4.78, 5) is 26.0. The third-order valence-electron chi connectivity index (χ3n) is 5.09. The molecule has 0 fully saturated rings. The minimum absolute atomic E-state index is 0.0450. The van der Waals surface area contributed by atoms with Gasteiger partial charge in [-0.15, -0.1) is 0 Å². The molecule has 2 amide bonds. The van der Waals surface area contributed by atoms with Crippen LogP contribution in [0.3, 0.4) is 0 Å². The number of amides is 2. The second-order valence-corrected chi connectivity index (χ2v) is 7.52. The molecule has 35 heavy (non-hydrogen) atoms. The topological polar surface area (TPSA) is 99.0 Å². The molecule has 1 heterocycles. The van der Waals surface area contributed by atoms with Crippen molar-refractivity contribution in [3.05, 3.63) is 83.4 Å². The number of carbonyl (C=O) groups is 2. The molecule has 0 bridgehead atoms. The number of furan rings is 1. The number of hydrogen-bond donors (Lipinski definition) is 2. The number of benzene rings is 2. The van der Waals surface area contributed by atoms with Gasteiger partial charge in [0.25, 0.3) is 11.8 Å². The standard InChI is InChI=1S/C27H30N2O6/c1-5-33-24-14-11-20(16-25(24)34-6-2)18(3)28-27(31)23(17-22-8-7-15-35-22)29-26(30)19-9-12-21(32-4)13-10-19/h7-18H,5-6H2,1-4H3,(H,28,31)(H,29,30)/b23-17-/t18-/m1/s1. The minimum Gasteiger partial charge on any atom is -0.497 e. The zero-order valence-electron chi connectivity index (χ0n) is 20.3. The van der Waals surface area contributed by atoms with Gasteiger partial charge < -0.3 is 29.3 Å². The molecule has 8 heteroatoms. The van der Waals surface area contributed by atoms with Gasteiger partial charge in [-0.25, -0.2) is 0 Å².